The van der Waals surface area contributed by atoms with E-state index in [1.807, 2.05) is 23.5 Å². The predicted octanol–water partition coefficient (Wildman–Crippen LogP) is 7.66. The Balaban J connectivity index is 1.71. The number of thioether (sulfide) groups is 2. The molecule has 0 amide bonds. The van der Waals surface area contributed by atoms with Crippen LogP contribution in [0.5, 0.6) is 0 Å². The maximum absolute atomic E-state index is 2.48. The van der Waals surface area contributed by atoms with Gasteiger partial charge in [-0.05, 0) is 44.0 Å². The molecule has 2 aliphatic heterocycles. The molecule has 0 N–H and O–H groups in total. The number of hydrogen-bond acceptors (Lipinski definition) is 2. The summed E-state index contributed by atoms with van der Waals surface area (Å²) >= 11 is 3.89. The monoisotopic (exact) mass is 478 g/mol. The summed E-state index contributed by atoms with van der Waals surface area (Å²) in [5, 5.41) is 0. The molecule has 1 unspecified atom stereocenters. The van der Waals surface area contributed by atoms with Crippen molar-refractivity contribution < 1.29 is 9.15 Å². The highest BCUT2D eigenvalue weighted by Gasteiger charge is 2.61. The van der Waals surface area contributed by atoms with Crippen LogP contribution in [0.15, 0.2) is 101 Å². The molecule has 0 saturated heterocycles. The average Bonchev–Trinajstić information content (AvgIpc) is 2.86. The van der Waals surface area contributed by atoms with Crippen molar-refractivity contribution >= 4 is 47.3 Å². The predicted molar refractivity (Wildman–Crippen MR) is 145 cm³/mol. The van der Waals surface area contributed by atoms with Gasteiger partial charge in [0, 0.05) is 57.1 Å². The molecule has 4 heteroatoms. The average molecular weight is 479 g/mol. The van der Waals surface area contributed by atoms with E-state index in [1.54, 1.807) is 0 Å². The normalized spacial score (nSPS) is 18.7. The molecule has 1 spiro atoms. The van der Waals surface area contributed by atoms with Crippen molar-refractivity contribution in [3.05, 3.63) is 119 Å². The first-order valence-corrected chi connectivity index (χ1v) is 13.2. The topological polar surface area (TPSA) is 6.02 Å². The summed E-state index contributed by atoms with van der Waals surface area (Å²) in [7, 11) is 0. The maximum atomic E-state index is 2.48. The number of para-hydroxylation sites is 2. The van der Waals surface area contributed by atoms with E-state index in [0.29, 0.717) is 0 Å². The minimum Gasteiger partial charge on any atom is -0.114 e. The first-order valence-electron chi connectivity index (χ1n) is 11.5. The van der Waals surface area contributed by atoms with Gasteiger partial charge in [0.2, 0.25) is 11.4 Å². The molecule has 4 aromatic carbocycles. The molecule has 4 aromatic rings. The zero-order valence-electron chi connectivity index (χ0n) is 19.5. The Bertz CT molecular complexity index is 1480. The van der Waals surface area contributed by atoms with E-state index in [-0.39, 0.29) is 0 Å². The van der Waals surface area contributed by atoms with Crippen LogP contribution in [-0.2, 0) is 0 Å². The van der Waals surface area contributed by atoms with Crippen molar-refractivity contribution in [2.24, 2.45) is 0 Å². The number of hydrogen-bond donors (Lipinski definition) is 0. The van der Waals surface area contributed by atoms with Gasteiger partial charge < -0.3 is 0 Å². The van der Waals surface area contributed by atoms with Gasteiger partial charge in [-0.3, -0.25) is 0 Å². The van der Waals surface area contributed by atoms with Crippen molar-refractivity contribution in [3.63, 3.8) is 0 Å². The fraction of sp³-hybridized carbons (Fsp3) is 0.133. The summed E-state index contributed by atoms with van der Waals surface area (Å²) in [5.41, 5.74) is 8.82. The molecule has 0 radical (unpaired) electrons. The van der Waals surface area contributed by atoms with Crippen molar-refractivity contribution in [3.8, 4) is 0 Å². The molecule has 0 aliphatic carbocycles. The van der Waals surface area contributed by atoms with Gasteiger partial charge in [-0.15, -0.1) is 9.15 Å². The van der Waals surface area contributed by atoms with Gasteiger partial charge in [-0.1, -0.05) is 60.7 Å². The van der Waals surface area contributed by atoms with Crippen molar-refractivity contribution in [2.45, 2.75) is 34.9 Å². The van der Waals surface area contributed by atoms with Crippen LogP contribution < -0.4 is 0 Å². The van der Waals surface area contributed by atoms with Gasteiger partial charge in [-0.2, -0.15) is 0 Å². The van der Waals surface area contributed by atoms with Crippen LogP contribution in [-0.4, -0.2) is 25.9 Å². The third kappa shape index (κ3) is 3.36. The third-order valence-electron chi connectivity index (χ3n) is 6.51. The molecule has 2 aliphatic rings. The van der Waals surface area contributed by atoms with Crippen molar-refractivity contribution in [2.75, 3.05) is 0 Å². The summed E-state index contributed by atoms with van der Waals surface area (Å²) in [5.74, 6) is 0. The maximum Gasteiger partial charge on any atom is 0.470 e. The van der Waals surface area contributed by atoms with Crippen LogP contribution in [0.1, 0.15) is 27.8 Å². The van der Waals surface area contributed by atoms with Gasteiger partial charge >= 0.3 is 4.33 Å². The molecule has 2 heterocycles. The molecule has 166 valence electrons. The van der Waals surface area contributed by atoms with Crippen molar-refractivity contribution in [1.29, 1.82) is 0 Å². The Morgan fingerprint density at radius 3 is 1.68 bits per heavy atom. The molecule has 0 aromatic heterocycles. The van der Waals surface area contributed by atoms with Crippen LogP contribution in [0, 0.1) is 20.8 Å². The van der Waals surface area contributed by atoms with E-state index in [4.69, 9.17) is 0 Å². The number of benzene rings is 4. The molecular formula is C30H26N2S2+2. The van der Waals surface area contributed by atoms with E-state index >= 15 is 0 Å². The Morgan fingerprint density at radius 2 is 1.06 bits per heavy atom. The summed E-state index contributed by atoms with van der Waals surface area (Å²) in [6, 6.07) is 32.7. The molecular weight excluding hydrogens is 452 g/mol. The lowest BCUT2D eigenvalue weighted by atomic mass is 10.1. The highest BCUT2D eigenvalue weighted by atomic mass is 32.2. The molecule has 0 bridgehead atoms. The first-order chi connectivity index (χ1) is 16.6. The Hall–Kier alpha value is -3.08. The first kappa shape index (κ1) is 21.5. The molecule has 0 saturated carbocycles. The smallest absolute Gasteiger partial charge is 0.114 e. The van der Waals surface area contributed by atoms with E-state index in [2.05, 4.69) is 133 Å². The van der Waals surface area contributed by atoms with E-state index in [1.165, 1.54) is 49.0 Å². The number of fused-ring (bicyclic) bond motifs is 2. The van der Waals surface area contributed by atoms with Gasteiger partial charge in [0.25, 0.3) is 0 Å². The van der Waals surface area contributed by atoms with Gasteiger partial charge in [0.15, 0.2) is 12.4 Å². The fourth-order valence-electron chi connectivity index (χ4n) is 4.76. The lowest BCUT2D eigenvalue weighted by Gasteiger charge is -2.32. The molecule has 2 nitrogen and oxygen atoms in total. The largest absolute Gasteiger partial charge is 0.470 e. The zero-order chi connectivity index (χ0) is 23.3. The molecule has 1 atom stereocenters. The van der Waals surface area contributed by atoms with Crippen LogP contribution in [0.4, 0.5) is 11.4 Å². The third-order valence-corrected chi connectivity index (χ3v) is 9.85. The van der Waals surface area contributed by atoms with Gasteiger partial charge in [0.05, 0.1) is 11.1 Å². The van der Waals surface area contributed by atoms with Crippen LogP contribution >= 0.6 is 23.5 Å². The second kappa shape index (κ2) is 8.30. The molecule has 0 fully saturated rings. The fourth-order valence-corrected chi connectivity index (χ4v) is 7.90. The van der Waals surface area contributed by atoms with Crippen LogP contribution in [0.25, 0.3) is 0 Å². The standard InChI is InChI=1S/C30H26N2S2/c1-21-11-7-8-18-27(21)32-20-25-15-10-13-23(3)29(25)34-30(32)31(26-16-5-4-6-17-26)19-24-14-9-12-22(2)28(24)33-30/h4-20H,1-3H3/q+2. The van der Waals surface area contributed by atoms with E-state index in [9.17, 15) is 0 Å². The highest BCUT2D eigenvalue weighted by molar-refractivity contribution is 8.17. The summed E-state index contributed by atoms with van der Waals surface area (Å²) < 4.78 is 4.49. The van der Waals surface area contributed by atoms with Gasteiger partial charge in [-0.25, -0.2) is 0 Å². The lowest BCUT2D eigenvalue weighted by Crippen LogP contribution is -2.47. The lowest BCUT2D eigenvalue weighted by molar-refractivity contribution is -0.690. The summed E-state index contributed by atoms with van der Waals surface area (Å²) in [4.78, 5) is 2.68. The number of nitrogens with zero attached hydrogens (tertiary/aromatic N) is 2. The van der Waals surface area contributed by atoms with Crippen LogP contribution in [0.2, 0.25) is 0 Å². The van der Waals surface area contributed by atoms with E-state index < -0.39 is 4.33 Å². The quantitative estimate of drug-likeness (QED) is 0.273. The minimum absolute atomic E-state index is 0.453. The van der Waals surface area contributed by atoms with Crippen LogP contribution in [0.3, 0.4) is 0 Å². The molecule has 34 heavy (non-hydrogen) atoms. The van der Waals surface area contributed by atoms with E-state index in [0.717, 1.165) is 0 Å². The Labute approximate surface area is 209 Å². The Morgan fingerprint density at radius 1 is 0.529 bits per heavy atom. The summed E-state index contributed by atoms with van der Waals surface area (Å²) in [6.07, 6.45) is 4.69. The molecule has 6 rings (SSSR count). The number of rotatable bonds is 2. The second-order valence-electron chi connectivity index (χ2n) is 8.86. The van der Waals surface area contributed by atoms with Gasteiger partial charge in [0.1, 0.15) is 0 Å². The van der Waals surface area contributed by atoms with Crippen molar-refractivity contribution in [1.82, 2.24) is 0 Å². The second-order valence-corrected chi connectivity index (χ2v) is 11.5. The number of aryl methyl sites for hydroxylation is 3. The minimum atomic E-state index is -0.453. The zero-order valence-corrected chi connectivity index (χ0v) is 21.2. The Kier molecular flexibility index (Phi) is 5.23. The summed E-state index contributed by atoms with van der Waals surface area (Å²) in [6.45, 7) is 6.65. The SMILES string of the molecule is Cc1ccccc1[N+]1=Cc2cccc(C)c2SC12Sc1c(C)cccc1C=[N+]2c1ccccc1. The highest BCUT2D eigenvalue weighted by Crippen LogP contribution is 2.56.